The number of rotatable bonds is 7. The Bertz CT molecular complexity index is 491. The van der Waals surface area contributed by atoms with Crippen molar-refractivity contribution in [2.24, 2.45) is 11.8 Å². The molecule has 0 heterocycles. The molecule has 0 saturated carbocycles. The SMILES string of the molecule is C=C(CC(C)C)c1c(C)cc(C)c(CCC(C)CC)c1C. The third-order valence-corrected chi connectivity index (χ3v) is 4.72. The smallest absolute Gasteiger partial charge is 0.0169 e. The molecule has 0 amide bonds. The maximum atomic E-state index is 4.37. The Hall–Kier alpha value is -1.04. The number of aryl methyl sites for hydroxylation is 2. The van der Waals surface area contributed by atoms with Crippen molar-refractivity contribution < 1.29 is 0 Å². The lowest BCUT2D eigenvalue weighted by molar-refractivity contribution is 0.515. The van der Waals surface area contributed by atoms with Gasteiger partial charge in [0, 0.05) is 0 Å². The van der Waals surface area contributed by atoms with E-state index >= 15 is 0 Å². The zero-order valence-electron chi connectivity index (χ0n) is 15.3. The molecule has 0 aromatic heterocycles. The van der Waals surface area contributed by atoms with E-state index in [-0.39, 0.29) is 0 Å². The van der Waals surface area contributed by atoms with E-state index in [0.29, 0.717) is 5.92 Å². The van der Waals surface area contributed by atoms with Gasteiger partial charge in [0.15, 0.2) is 0 Å². The first-order chi connectivity index (χ1) is 9.77. The van der Waals surface area contributed by atoms with E-state index in [4.69, 9.17) is 0 Å². The summed E-state index contributed by atoms with van der Waals surface area (Å²) in [6.07, 6.45) is 4.86. The van der Waals surface area contributed by atoms with Gasteiger partial charge in [-0.05, 0) is 85.3 Å². The zero-order chi connectivity index (χ0) is 16.2. The Morgan fingerprint density at radius 3 is 2.24 bits per heavy atom. The minimum Gasteiger partial charge on any atom is -0.0952 e. The van der Waals surface area contributed by atoms with Gasteiger partial charge in [0.2, 0.25) is 0 Å². The highest BCUT2D eigenvalue weighted by molar-refractivity contribution is 5.71. The van der Waals surface area contributed by atoms with Crippen molar-refractivity contribution in [2.75, 3.05) is 0 Å². The van der Waals surface area contributed by atoms with Crippen molar-refractivity contribution in [1.82, 2.24) is 0 Å². The van der Waals surface area contributed by atoms with Gasteiger partial charge in [-0.25, -0.2) is 0 Å². The quantitative estimate of drug-likeness (QED) is 0.526. The summed E-state index contributed by atoms with van der Waals surface area (Å²) >= 11 is 0. The van der Waals surface area contributed by atoms with Crippen LogP contribution in [-0.2, 0) is 6.42 Å². The van der Waals surface area contributed by atoms with Crippen LogP contribution in [0, 0.1) is 32.6 Å². The number of hydrogen-bond donors (Lipinski definition) is 0. The van der Waals surface area contributed by atoms with Gasteiger partial charge in [0.25, 0.3) is 0 Å². The standard InChI is InChI=1S/C21H34/c1-9-15(4)10-11-20-16(5)13-18(7)21(19(20)8)17(6)12-14(2)3/h13-15H,6,9-12H2,1-5,7-8H3. The second kappa shape index (κ2) is 7.82. The molecule has 0 heteroatoms. The molecule has 1 rings (SSSR count). The molecule has 1 unspecified atom stereocenters. The van der Waals surface area contributed by atoms with Gasteiger partial charge in [0.05, 0.1) is 0 Å². The summed E-state index contributed by atoms with van der Waals surface area (Å²) in [5.41, 5.74) is 8.61. The maximum absolute atomic E-state index is 4.37. The molecule has 118 valence electrons. The molecule has 0 aliphatic carbocycles. The molecule has 0 aliphatic rings. The fourth-order valence-electron chi connectivity index (χ4n) is 3.34. The molecule has 0 radical (unpaired) electrons. The van der Waals surface area contributed by atoms with Gasteiger partial charge in [-0.1, -0.05) is 46.8 Å². The Morgan fingerprint density at radius 1 is 1.10 bits per heavy atom. The van der Waals surface area contributed by atoms with Gasteiger partial charge in [-0.15, -0.1) is 0 Å². The lowest BCUT2D eigenvalue weighted by Gasteiger charge is -2.21. The van der Waals surface area contributed by atoms with E-state index in [0.717, 1.165) is 12.3 Å². The fourth-order valence-corrected chi connectivity index (χ4v) is 3.34. The summed E-state index contributed by atoms with van der Waals surface area (Å²) in [5, 5.41) is 0. The van der Waals surface area contributed by atoms with E-state index < -0.39 is 0 Å². The van der Waals surface area contributed by atoms with Crippen molar-refractivity contribution >= 4 is 5.57 Å². The summed E-state index contributed by atoms with van der Waals surface area (Å²) in [6, 6.07) is 2.36. The summed E-state index contributed by atoms with van der Waals surface area (Å²) in [4.78, 5) is 0. The van der Waals surface area contributed by atoms with Crippen LogP contribution < -0.4 is 0 Å². The van der Waals surface area contributed by atoms with E-state index in [1.54, 1.807) is 5.56 Å². The van der Waals surface area contributed by atoms with Crippen LogP contribution >= 0.6 is 0 Å². The van der Waals surface area contributed by atoms with Gasteiger partial charge in [0.1, 0.15) is 0 Å². The van der Waals surface area contributed by atoms with Crippen molar-refractivity contribution in [1.29, 1.82) is 0 Å². The first-order valence-electron chi connectivity index (χ1n) is 8.55. The van der Waals surface area contributed by atoms with Gasteiger partial charge >= 0.3 is 0 Å². The largest absolute Gasteiger partial charge is 0.0952 e. The normalized spacial score (nSPS) is 12.8. The lowest BCUT2D eigenvalue weighted by atomic mass is 9.84. The van der Waals surface area contributed by atoms with Crippen LogP contribution in [0.5, 0.6) is 0 Å². The molecule has 1 aromatic rings. The molecule has 0 nitrogen and oxygen atoms in total. The van der Waals surface area contributed by atoms with E-state index in [1.807, 2.05) is 0 Å². The average Bonchev–Trinajstić information content (AvgIpc) is 2.36. The topological polar surface area (TPSA) is 0 Å². The summed E-state index contributed by atoms with van der Waals surface area (Å²) in [6.45, 7) is 20.4. The van der Waals surface area contributed by atoms with Crippen LogP contribution in [0.25, 0.3) is 5.57 Å². The van der Waals surface area contributed by atoms with Crippen molar-refractivity contribution in [3.8, 4) is 0 Å². The van der Waals surface area contributed by atoms with Crippen LogP contribution in [0.4, 0.5) is 0 Å². The number of benzene rings is 1. The summed E-state index contributed by atoms with van der Waals surface area (Å²) < 4.78 is 0. The molecule has 0 spiro atoms. The Labute approximate surface area is 132 Å². The fraction of sp³-hybridized carbons (Fsp3) is 0.619. The van der Waals surface area contributed by atoms with E-state index in [9.17, 15) is 0 Å². The van der Waals surface area contributed by atoms with Crippen molar-refractivity contribution in [3.63, 3.8) is 0 Å². The highest BCUT2D eigenvalue weighted by atomic mass is 14.2. The Morgan fingerprint density at radius 2 is 1.71 bits per heavy atom. The monoisotopic (exact) mass is 286 g/mol. The van der Waals surface area contributed by atoms with Gasteiger partial charge in [-0.3, -0.25) is 0 Å². The molecule has 1 aromatic carbocycles. The zero-order valence-corrected chi connectivity index (χ0v) is 15.3. The van der Waals surface area contributed by atoms with Gasteiger partial charge in [-0.2, -0.15) is 0 Å². The first-order valence-corrected chi connectivity index (χ1v) is 8.55. The Balaban J connectivity index is 3.13. The highest BCUT2D eigenvalue weighted by Gasteiger charge is 2.14. The second-order valence-electron chi connectivity index (χ2n) is 7.24. The average molecular weight is 287 g/mol. The van der Waals surface area contributed by atoms with Crippen LogP contribution in [0.3, 0.4) is 0 Å². The molecule has 21 heavy (non-hydrogen) atoms. The minimum absolute atomic E-state index is 0.668. The molecular weight excluding hydrogens is 252 g/mol. The van der Waals surface area contributed by atoms with Crippen LogP contribution in [0.2, 0.25) is 0 Å². The van der Waals surface area contributed by atoms with Crippen molar-refractivity contribution in [3.05, 3.63) is 40.5 Å². The van der Waals surface area contributed by atoms with Crippen molar-refractivity contribution in [2.45, 2.75) is 74.1 Å². The first kappa shape index (κ1) is 18.0. The van der Waals surface area contributed by atoms with Crippen LogP contribution in [-0.4, -0.2) is 0 Å². The molecule has 0 bridgehead atoms. The molecule has 0 saturated heterocycles. The number of allylic oxidation sites excluding steroid dienone is 1. The third kappa shape index (κ3) is 4.73. The predicted molar refractivity (Wildman–Crippen MR) is 96.9 cm³/mol. The number of hydrogen-bond acceptors (Lipinski definition) is 0. The Kier molecular flexibility index (Phi) is 6.71. The van der Waals surface area contributed by atoms with E-state index in [2.05, 4.69) is 61.1 Å². The molecule has 0 N–H and O–H groups in total. The third-order valence-electron chi connectivity index (χ3n) is 4.72. The van der Waals surface area contributed by atoms with E-state index in [1.165, 1.54) is 47.1 Å². The van der Waals surface area contributed by atoms with Crippen LogP contribution in [0.15, 0.2) is 12.6 Å². The molecule has 0 fully saturated rings. The minimum atomic E-state index is 0.668. The lowest BCUT2D eigenvalue weighted by Crippen LogP contribution is -2.05. The molecule has 1 atom stereocenters. The predicted octanol–water partition coefficient (Wildman–Crippen LogP) is 6.65. The molecular formula is C21H34. The summed E-state index contributed by atoms with van der Waals surface area (Å²) in [7, 11) is 0. The highest BCUT2D eigenvalue weighted by Crippen LogP contribution is 2.32. The van der Waals surface area contributed by atoms with Gasteiger partial charge < -0.3 is 0 Å². The molecule has 0 aliphatic heterocycles. The second-order valence-corrected chi connectivity index (χ2v) is 7.24. The maximum Gasteiger partial charge on any atom is -0.0169 e. The summed E-state index contributed by atoms with van der Waals surface area (Å²) in [5.74, 6) is 1.48. The van der Waals surface area contributed by atoms with Crippen LogP contribution in [0.1, 0.15) is 74.8 Å².